The van der Waals surface area contributed by atoms with Crippen LogP contribution in [-0.2, 0) is 15.6 Å². The van der Waals surface area contributed by atoms with Gasteiger partial charge in [-0.15, -0.1) is 0 Å². The van der Waals surface area contributed by atoms with Crippen molar-refractivity contribution in [1.29, 1.82) is 0 Å². The maximum absolute atomic E-state index is 13.8. The van der Waals surface area contributed by atoms with Crippen LogP contribution >= 0.6 is 0 Å². The number of benzene rings is 2. The van der Waals surface area contributed by atoms with Crippen LogP contribution in [0.2, 0.25) is 0 Å². The minimum atomic E-state index is -0.668. The van der Waals surface area contributed by atoms with Crippen molar-refractivity contribution in [2.75, 3.05) is 5.32 Å². The standard InChI is InChI=1S/C24H25N3O/c1-15-9-11-16(12-10-15)25-21(28)24-14-13-23(4,22(24,2)3)19-20(24)27-18-8-6-5-7-17(18)26-19/h5-12H,13-14H2,1-4H3,(H,25,28). The molecule has 2 unspecified atom stereocenters. The molecule has 3 aromatic rings. The van der Waals surface area contributed by atoms with Gasteiger partial charge in [-0.3, -0.25) is 4.79 Å². The Morgan fingerprint density at radius 1 is 0.893 bits per heavy atom. The van der Waals surface area contributed by atoms with Crippen molar-refractivity contribution < 1.29 is 4.79 Å². The SMILES string of the molecule is Cc1ccc(NC(=O)C23CCC(C)(c4nc5ccccc5nc42)C3(C)C)cc1. The van der Waals surface area contributed by atoms with Crippen molar-refractivity contribution in [2.45, 2.75) is 51.4 Å². The second-order valence-corrected chi connectivity index (χ2v) is 9.09. The molecule has 2 aliphatic rings. The quantitative estimate of drug-likeness (QED) is 0.697. The molecule has 1 saturated carbocycles. The number of fused-ring (bicyclic) bond motifs is 6. The summed E-state index contributed by atoms with van der Waals surface area (Å²) in [5.74, 6) is 0.0356. The maximum Gasteiger partial charge on any atom is 0.237 e. The van der Waals surface area contributed by atoms with Crippen LogP contribution in [0.15, 0.2) is 48.5 Å². The largest absolute Gasteiger partial charge is 0.325 e. The maximum atomic E-state index is 13.8. The fourth-order valence-electron chi connectivity index (χ4n) is 5.42. The second-order valence-electron chi connectivity index (χ2n) is 9.09. The predicted octanol–water partition coefficient (Wildman–Crippen LogP) is 4.91. The Bertz CT molecular complexity index is 1120. The van der Waals surface area contributed by atoms with Crippen molar-refractivity contribution in [3.8, 4) is 0 Å². The van der Waals surface area contributed by atoms with Gasteiger partial charge in [0.05, 0.1) is 27.8 Å². The highest BCUT2D eigenvalue weighted by Crippen LogP contribution is 2.70. The van der Waals surface area contributed by atoms with Crippen LogP contribution in [0, 0.1) is 12.3 Å². The van der Waals surface area contributed by atoms with Crippen molar-refractivity contribution in [3.63, 3.8) is 0 Å². The van der Waals surface area contributed by atoms with Crippen LogP contribution in [0.4, 0.5) is 5.69 Å². The van der Waals surface area contributed by atoms with Gasteiger partial charge in [0, 0.05) is 11.1 Å². The average molecular weight is 371 g/mol. The fourth-order valence-corrected chi connectivity index (χ4v) is 5.42. The summed E-state index contributed by atoms with van der Waals surface area (Å²) in [7, 11) is 0. The third-order valence-corrected chi connectivity index (χ3v) is 7.64. The molecule has 0 saturated heterocycles. The summed E-state index contributed by atoms with van der Waals surface area (Å²) in [6.45, 7) is 8.72. The molecule has 1 aromatic heterocycles. The smallest absolute Gasteiger partial charge is 0.237 e. The van der Waals surface area contributed by atoms with Gasteiger partial charge in [0.25, 0.3) is 0 Å². The van der Waals surface area contributed by atoms with Crippen molar-refractivity contribution >= 4 is 22.6 Å². The van der Waals surface area contributed by atoms with Gasteiger partial charge < -0.3 is 5.32 Å². The van der Waals surface area contributed by atoms with Gasteiger partial charge >= 0.3 is 0 Å². The van der Waals surface area contributed by atoms with Crippen molar-refractivity contribution in [1.82, 2.24) is 9.97 Å². The van der Waals surface area contributed by atoms with E-state index >= 15 is 0 Å². The molecule has 2 atom stereocenters. The first-order valence-electron chi connectivity index (χ1n) is 9.95. The molecule has 1 fully saturated rings. The van der Waals surface area contributed by atoms with E-state index in [4.69, 9.17) is 9.97 Å². The van der Waals surface area contributed by atoms with Gasteiger partial charge in [-0.2, -0.15) is 0 Å². The van der Waals surface area contributed by atoms with Crippen LogP contribution in [-0.4, -0.2) is 15.9 Å². The number of carbonyl (C=O) groups is 1. The number of aromatic nitrogens is 2. The van der Waals surface area contributed by atoms with E-state index in [1.807, 2.05) is 55.5 Å². The van der Waals surface area contributed by atoms with Gasteiger partial charge in [-0.25, -0.2) is 9.97 Å². The highest BCUT2D eigenvalue weighted by atomic mass is 16.2. The van der Waals surface area contributed by atoms with E-state index in [-0.39, 0.29) is 16.7 Å². The molecule has 2 bridgehead atoms. The summed E-state index contributed by atoms with van der Waals surface area (Å²) < 4.78 is 0. The first-order valence-corrected chi connectivity index (χ1v) is 9.95. The molecule has 0 aliphatic heterocycles. The number of para-hydroxylation sites is 2. The number of carbonyl (C=O) groups excluding carboxylic acids is 1. The van der Waals surface area contributed by atoms with E-state index in [2.05, 4.69) is 26.1 Å². The number of rotatable bonds is 2. The lowest BCUT2D eigenvalue weighted by Gasteiger charge is -2.39. The first-order chi connectivity index (χ1) is 13.3. The van der Waals surface area contributed by atoms with Crippen LogP contribution in [0.5, 0.6) is 0 Å². The molecule has 142 valence electrons. The third-order valence-electron chi connectivity index (χ3n) is 7.64. The van der Waals surface area contributed by atoms with E-state index < -0.39 is 5.41 Å². The molecular weight excluding hydrogens is 346 g/mol. The van der Waals surface area contributed by atoms with E-state index in [0.29, 0.717) is 0 Å². The Balaban J connectivity index is 1.69. The number of nitrogens with zero attached hydrogens (tertiary/aromatic N) is 2. The summed E-state index contributed by atoms with van der Waals surface area (Å²) in [6, 6.07) is 15.9. The number of hydrogen-bond donors (Lipinski definition) is 1. The van der Waals surface area contributed by atoms with Gasteiger partial charge in [0.15, 0.2) is 0 Å². The third kappa shape index (κ3) is 1.93. The molecule has 0 radical (unpaired) electrons. The van der Waals surface area contributed by atoms with E-state index in [9.17, 15) is 4.79 Å². The Morgan fingerprint density at radius 2 is 1.50 bits per heavy atom. The molecule has 2 aliphatic carbocycles. The van der Waals surface area contributed by atoms with Gasteiger partial charge in [-0.1, -0.05) is 50.6 Å². The number of nitrogens with one attached hydrogen (secondary N) is 1. The van der Waals surface area contributed by atoms with Gasteiger partial charge in [0.1, 0.15) is 0 Å². The predicted molar refractivity (Wildman–Crippen MR) is 111 cm³/mol. The second kappa shape index (κ2) is 5.40. The summed E-state index contributed by atoms with van der Waals surface area (Å²) in [6.07, 6.45) is 1.75. The van der Waals surface area contributed by atoms with Crippen molar-refractivity contribution in [2.24, 2.45) is 5.41 Å². The summed E-state index contributed by atoms with van der Waals surface area (Å²) in [5, 5.41) is 3.18. The Kier molecular flexibility index (Phi) is 3.35. The molecule has 4 heteroatoms. The topological polar surface area (TPSA) is 54.9 Å². The number of amides is 1. The number of anilines is 1. The molecule has 2 aromatic carbocycles. The van der Waals surface area contributed by atoms with Crippen LogP contribution in [0.1, 0.15) is 50.6 Å². The van der Waals surface area contributed by atoms with Gasteiger partial charge in [0.2, 0.25) is 5.91 Å². The monoisotopic (exact) mass is 371 g/mol. The molecule has 28 heavy (non-hydrogen) atoms. The Labute approximate surface area is 165 Å². The summed E-state index contributed by atoms with van der Waals surface area (Å²) >= 11 is 0. The van der Waals surface area contributed by atoms with E-state index in [1.54, 1.807) is 0 Å². The lowest BCUT2D eigenvalue weighted by Crippen LogP contribution is -2.48. The fraction of sp³-hybridized carbons (Fsp3) is 0.375. The van der Waals surface area contributed by atoms with E-state index in [0.717, 1.165) is 41.0 Å². The number of aryl methyl sites for hydroxylation is 1. The lowest BCUT2D eigenvalue weighted by atomic mass is 9.63. The van der Waals surface area contributed by atoms with Crippen LogP contribution in [0.25, 0.3) is 11.0 Å². The molecule has 4 nitrogen and oxygen atoms in total. The normalized spacial score (nSPS) is 27.0. The van der Waals surface area contributed by atoms with Crippen LogP contribution < -0.4 is 5.32 Å². The molecule has 1 N–H and O–H groups in total. The molecule has 0 spiro atoms. The first kappa shape index (κ1) is 17.4. The minimum absolute atomic E-state index is 0.0356. The zero-order valence-electron chi connectivity index (χ0n) is 16.8. The minimum Gasteiger partial charge on any atom is -0.325 e. The lowest BCUT2D eigenvalue weighted by molar-refractivity contribution is -0.125. The molecular formula is C24H25N3O. The average Bonchev–Trinajstić information content (AvgIpc) is 2.98. The molecule has 1 heterocycles. The zero-order valence-corrected chi connectivity index (χ0v) is 16.8. The Hall–Kier alpha value is -2.75. The zero-order chi connectivity index (χ0) is 19.7. The van der Waals surface area contributed by atoms with Gasteiger partial charge in [-0.05, 0) is 49.4 Å². The number of hydrogen-bond acceptors (Lipinski definition) is 3. The molecule has 5 rings (SSSR count). The molecule has 1 amide bonds. The van der Waals surface area contributed by atoms with Crippen molar-refractivity contribution in [3.05, 3.63) is 65.5 Å². The van der Waals surface area contributed by atoms with E-state index in [1.165, 1.54) is 5.56 Å². The van der Waals surface area contributed by atoms with Crippen LogP contribution in [0.3, 0.4) is 0 Å². The summed E-state index contributed by atoms with van der Waals surface area (Å²) in [4.78, 5) is 23.8. The Morgan fingerprint density at radius 3 is 2.14 bits per heavy atom. The highest BCUT2D eigenvalue weighted by Gasteiger charge is 2.73. The summed E-state index contributed by atoms with van der Waals surface area (Å²) in [5.41, 5.74) is 4.54. The highest BCUT2D eigenvalue weighted by molar-refractivity contribution is 6.02.